The lowest BCUT2D eigenvalue weighted by Crippen LogP contribution is -2.14. The molecule has 0 radical (unpaired) electrons. The molecule has 1 aromatic rings. The van der Waals surface area contributed by atoms with Gasteiger partial charge in [0.15, 0.2) is 0 Å². The molecule has 0 unspecified atom stereocenters. The fourth-order valence-corrected chi connectivity index (χ4v) is 1.02. The number of anilines is 1. The molecule has 2 N–H and O–H groups in total. The highest BCUT2D eigenvalue weighted by Gasteiger charge is 2.22. The number of nitrogens with zero attached hydrogens (tertiary/aromatic N) is 2. The van der Waals surface area contributed by atoms with Crippen LogP contribution in [0, 0.1) is 0 Å². The zero-order chi connectivity index (χ0) is 7.84. The number of rotatable bonds is 1. The van der Waals surface area contributed by atoms with E-state index in [-0.39, 0.29) is 11.2 Å². The minimum Gasteiger partial charge on any atom is -0.393 e. The first-order valence-electron chi connectivity index (χ1n) is 3.60. The average Bonchev–Trinajstić information content (AvgIpc) is 2.77. The summed E-state index contributed by atoms with van der Waals surface area (Å²) in [6.45, 7) is 0. The summed E-state index contributed by atoms with van der Waals surface area (Å²) >= 11 is 0. The van der Waals surface area contributed by atoms with Crippen LogP contribution in [0.2, 0.25) is 0 Å². The van der Waals surface area contributed by atoms with Crippen molar-refractivity contribution in [1.29, 1.82) is 0 Å². The maximum absolute atomic E-state index is 10.8. The maximum atomic E-state index is 10.8. The van der Waals surface area contributed by atoms with E-state index < -0.39 is 0 Å². The van der Waals surface area contributed by atoms with Gasteiger partial charge in [0.05, 0.1) is 6.33 Å². The predicted molar refractivity (Wildman–Crippen MR) is 41.2 cm³/mol. The summed E-state index contributed by atoms with van der Waals surface area (Å²) in [6, 6.07) is 0.533. The topological polar surface area (TPSA) is 60.9 Å². The SMILES string of the molecule is Nc1cn(C2CC2)cnc1=O. The minimum absolute atomic E-state index is 0.236. The van der Waals surface area contributed by atoms with Crippen LogP contribution in [0.25, 0.3) is 0 Å². The van der Waals surface area contributed by atoms with Crippen LogP contribution in [-0.4, -0.2) is 9.55 Å². The quantitative estimate of drug-likeness (QED) is 0.622. The standard InChI is InChI=1S/C7H9N3O/c8-6-3-10(5-1-2-5)4-9-7(6)11/h3-5H,1-2,8H2. The third-order valence-corrected chi connectivity index (χ3v) is 1.81. The highest BCUT2D eigenvalue weighted by Crippen LogP contribution is 2.34. The van der Waals surface area contributed by atoms with Gasteiger partial charge in [-0.25, -0.2) is 0 Å². The van der Waals surface area contributed by atoms with Crippen LogP contribution >= 0.6 is 0 Å². The van der Waals surface area contributed by atoms with Crippen molar-refractivity contribution in [3.63, 3.8) is 0 Å². The Labute approximate surface area is 63.7 Å². The molecule has 0 saturated heterocycles. The first-order chi connectivity index (χ1) is 5.27. The smallest absolute Gasteiger partial charge is 0.295 e. The summed E-state index contributed by atoms with van der Waals surface area (Å²) in [4.78, 5) is 14.4. The van der Waals surface area contributed by atoms with Gasteiger partial charge in [-0.15, -0.1) is 0 Å². The Bertz CT molecular complexity index is 327. The molecule has 4 nitrogen and oxygen atoms in total. The Morgan fingerprint density at radius 2 is 2.36 bits per heavy atom. The largest absolute Gasteiger partial charge is 0.393 e. The molecule has 0 aromatic carbocycles. The molecule has 0 bridgehead atoms. The van der Waals surface area contributed by atoms with E-state index in [0.29, 0.717) is 6.04 Å². The Balaban J connectivity index is 2.44. The number of hydrogen-bond acceptors (Lipinski definition) is 3. The van der Waals surface area contributed by atoms with Gasteiger partial charge in [-0.05, 0) is 12.8 Å². The van der Waals surface area contributed by atoms with E-state index >= 15 is 0 Å². The van der Waals surface area contributed by atoms with E-state index in [1.54, 1.807) is 12.5 Å². The zero-order valence-electron chi connectivity index (χ0n) is 6.03. The van der Waals surface area contributed by atoms with Crippen molar-refractivity contribution < 1.29 is 0 Å². The van der Waals surface area contributed by atoms with Crippen molar-refractivity contribution in [2.45, 2.75) is 18.9 Å². The van der Waals surface area contributed by atoms with Crippen LogP contribution < -0.4 is 11.3 Å². The molecule has 1 aliphatic rings. The van der Waals surface area contributed by atoms with Gasteiger partial charge in [-0.2, -0.15) is 4.98 Å². The van der Waals surface area contributed by atoms with Gasteiger partial charge in [0.1, 0.15) is 5.69 Å². The Hall–Kier alpha value is -1.32. The van der Waals surface area contributed by atoms with Gasteiger partial charge in [-0.1, -0.05) is 0 Å². The van der Waals surface area contributed by atoms with Crippen molar-refractivity contribution in [3.8, 4) is 0 Å². The van der Waals surface area contributed by atoms with Crippen molar-refractivity contribution in [2.75, 3.05) is 5.73 Å². The van der Waals surface area contributed by atoms with Gasteiger partial charge in [0, 0.05) is 12.2 Å². The van der Waals surface area contributed by atoms with E-state index in [1.807, 2.05) is 4.57 Å². The minimum atomic E-state index is -0.332. The second-order valence-electron chi connectivity index (χ2n) is 2.81. The summed E-state index contributed by atoms with van der Waals surface area (Å²) in [5, 5.41) is 0. The molecule has 0 aliphatic heterocycles. The van der Waals surface area contributed by atoms with Crippen LogP contribution in [0.15, 0.2) is 17.3 Å². The zero-order valence-corrected chi connectivity index (χ0v) is 6.03. The normalized spacial score (nSPS) is 16.7. The van der Waals surface area contributed by atoms with Crippen molar-refractivity contribution >= 4 is 5.69 Å². The number of hydrogen-bond donors (Lipinski definition) is 1. The molecule has 2 rings (SSSR count). The van der Waals surface area contributed by atoms with Crippen LogP contribution in [0.4, 0.5) is 5.69 Å². The summed E-state index contributed by atoms with van der Waals surface area (Å²) < 4.78 is 1.90. The van der Waals surface area contributed by atoms with Crippen molar-refractivity contribution in [3.05, 3.63) is 22.9 Å². The molecule has 4 heteroatoms. The van der Waals surface area contributed by atoms with E-state index in [4.69, 9.17) is 5.73 Å². The first kappa shape index (κ1) is 6.39. The van der Waals surface area contributed by atoms with E-state index in [9.17, 15) is 4.79 Å². The van der Waals surface area contributed by atoms with Crippen LogP contribution in [0.5, 0.6) is 0 Å². The van der Waals surface area contributed by atoms with Crippen LogP contribution in [0.1, 0.15) is 18.9 Å². The molecule has 0 amide bonds. The van der Waals surface area contributed by atoms with Gasteiger partial charge < -0.3 is 10.3 Å². The van der Waals surface area contributed by atoms with Crippen LogP contribution in [-0.2, 0) is 0 Å². The monoisotopic (exact) mass is 151 g/mol. The lowest BCUT2D eigenvalue weighted by Gasteiger charge is -2.01. The summed E-state index contributed by atoms with van der Waals surface area (Å²) in [7, 11) is 0. The third-order valence-electron chi connectivity index (χ3n) is 1.81. The van der Waals surface area contributed by atoms with Gasteiger partial charge in [0.2, 0.25) is 0 Å². The molecule has 0 atom stereocenters. The van der Waals surface area contributed by atoms with Gasteiger partial charge in [-0.3, -0.25) is 4.79 Å². The lowest BCUT2D eigenvalue weighted by molar-refractivity contribution is 0.713. The number of aromatic nitrogens is 2. The van der Waals surface area contributed by atoms with Gasteiger partial charge in [0.25, 0.3) is 5.56 Å². The first-order valence-corrected chi connectivity index (χ1v) is 3.60. The number of nitrogens with two attached hydrogens (primary N) is 1. The summed E-state index contributed by atoms with van der Waals surface area (Å²) in [6.07, 6.45) is 5.55. The molecule has 1 saturated carbocycles. The molecular weight excluding hydrogens is 142 g/mol. The van der Waals surface area contributed by atoms with E-state index in [0.717, 1.165) is 0 Å². The molecular formula is C7H9N3O. The highest BCUT2D eigenvalue weighted by atomic mass is 16.1. The predicted octanol–water partition coefficient (Wildman–Crippen LogP) is 0.160. The fourth-order valence-electron chi connectivity index (χ4n) is 1.02. The van der Waals surface area contributed by atoms with Crippen molar-refractivity contribution in [1.82, 2.24) is 9.55 Å². The van der Waals surface area contributed by atoms with E-state index in [1.165, 1.54) is 12.8 Å². The van der Waals surface area contributed by atoms with Gasteiger partial charge >= 0.3 is 0 Å². The summed E-state index contributed by atoms with van der Waals surface area (Å²) in [5.41, 5.74) is 5.29. The molecule has 0 spiro atoms. The second-order valence-corrected chi connectivity index (χ2v) is 2.81. The Kier molecular flexibility index (Phi) is 1.21. The fraction of sp³-hybridized carbons (Fsp3) is 0.429. The highest BCUT2D eigenvalue weighted by molar-refractivity contribution is 5.30. The lowest BCUT2D eigenvalue weighted by atomic mass is 10.5. The second kappa shape index (κ2) is 2.08. The van der Waals surface area contributed by atoms with E-state index in [2.05, 4.69) is 4.98 Å². The average molecular weight is 151 g/mol. The molecule has 1 aliphatic carbocycles. The molecule has 11 heavy (non-hydrogen) atoms. The number of nitrogen functional groups attached to an aromatic ring is 1. The molecule has 1 aromatic heterocycles. The molecule has 1 fully saturated rings. The molecule has 58 valence electrons. The van der Waals surface area contributed by atoms with Crippen molar-refractivity contribution in [2.24, 2.45) is 0 Å². The Morgan fingerprint density at radius 1 is 1.64 bits per heavy atom. The molecule has 1 heterocycles. The van der Waals surface area contributed by atoms with Crippen LogP contribution in [0.3, 0.4) is 0 Å². The summed E-state index contributed by atoms with van der Waals surface area (Å²) in [5.74, 6) is 0. The maximum Gasteiger partial charge on any atom is 0.295 e. The third kappa shape index (κ3) is 1.11. The Morgan fingerprint density at radius 3 is 2.91 bits per heavy atom.